The highest BCUT2D eigenvalue weighted by atomic mass is 35.5. The normalized spacial score (nSPS) is 17.0. The van der Waals surface area contributed by atoms with Gasteiger partial charge in [-0.25, -0.2) is 9.37 Å². The number of carbonyl (C=O) groups excluding carboxylic acids is 2. The molecule has 0 bridgehead atoms. The van der Waals surface area contributed by atoms with Crippen molar-refractivity contribution in [3.05, 3.63) is 52.9 Å². The van der Waals surface area contributed by atoms with Gasteiger partial charge in [-0.1, -0.05) is 11.6 Å². The zero-order chi connectivity index (χ0) is 18.7. The Morgan fingerprint density at radius 2 is 2.12 bits per heavy atom. The Bertz CT molecular complexity index is 828. The van der Waals surface area contributed by atoms with Crippen LogP contribution in [0.1, 0.15) is 23.2 Å². The molecule has 2 heterocycles. The topological polar surface area (TPSA) is 88.3 Å². The molecule has 0 radical (unpaired) electrons. The molecule has 1 aromatic carbocycles. The number of pyridine rings is 1. The lowest BCUT2D eigenvalue weighted by Crippen LogP contribution is -2.41. The molecular formula is C18H18ClFN4O2. The van der Waals surface area contributed by atoms with Crippen molar-refractivity contribution in [2.45, 2.75) is 12.8 Å². The summed E-state index contributed by atoms with van der Waals surface area (Å²) in [5.74, 6) is -1.06. The number of anilines is 2. The number of nitrogens with one attached hydrogen (secondary N) is 1. The number of nitrogens with zero attached hydrogens (tertiary/aromatic N) is 2. The van der Waals surface area contributed by atoms with Crippen molar-refractivity contribution in [3.63, 3.8) is 0 Å². The molecule has 3 N–H and O–H groups in total. The monoisotopic (exact) mass is 376 g/mol. The predicted molar refractivity (Wildman–Crippen MR) is 97.7 cm³/mol. The summed E-state index contributed by atoms with van der Waals surface area (Å²) in [6, 6.07) is 7.29. The van der Waals surface area contributed by atoms with Gasteiger partial charge >= 0.3 is 0 Å². The van der Waals surface area contributed by atoms with Crippen LogP contribution in [0, 0.1) is 11.7 Å². The van der Waals surface area contributed by atoms with E-state index < -0.39 is 11.7 Å². The van der Waals surface area contributed by atoms with Crippen LogP contribution in [0.5, 0.6) is 0 Å². The highest BCUT2D eigenvalue weighted by Crippen LogP contribution is 2.23. The first kappa shape index (κ1) is 18.1. The van der Waals surface area contributed by atoms with Crippen LogP contribution < -0.4 is 16.0 Å². The number of hydrogen-bond donors (Lipinski definition) is 2. The fourth-order valence-electron chi connectivity index (χ4n) is 2.94. The lowest BCUT2D eigenvalue weighted by Gasteiger charge is -2.32. The summed E-state index contributed by atoms with van der Waals surface area (Å²) in [6.07, 6.45) is 3.14. The van der Waals surface area contributed by atoms with Crippen LogP contribution in [0.3, 0.4) is 0 Å². The fourth-order valence-corrected chi connectivity index (χ4v) is 3.10. The van der Waals surface area contributed by atoms with E-state index in [1.807, 2.05) is 4.90 Å². The van der Waals surface area contributed by atoms with Gasteiger partial charge in [0.1, 0.15) is 11.6 Å². The van der Waals surface area contributed by atoms with Crippen molar-refractivity contribution in [2.75, 3.05) is 23.3 Å². The second kappa shape index (κ2) is 7.70. The molecule has 0 aliphatic carbocycles. The molecule has 26 heavy (non-hydrogen) atoms. The molecule has 136 valence electrons. The number of rotatable bonds is 4. The Labute approximate surface area is 155 Å². The van der Waals surface area contributed by atoms with Crippen LogP contribution in [0.4, 0.5) is 15.9 Å². The van der Waals surface area contributed by atoms with Gasteiger partial charge in [-0.15, -0.1) is 0 Å². The third-order valence-corrected chi connectivity index (χ3v) is 4.56. The molecule has 2 amide bonds. The Balaban J connectivity index is 1.67. The number of aromatic nitrogens is 1. The Kier molecular flexibility index (Phi) is 5.37. The lowest BCUT2D eigenvalue weighted by molar-refractivity contribution is -0.122. The third kappa shape index (κ3) is 4.11. The minimum absolute atomic E-state index is 0.0983. The molecule has 1 unspecified atom stereocenters. The van der Waals surface area contributed by atoms with Crippen molar-refractivity contribution in [1.29, 1.82) is 0 Å². The largest absolute Gasteiger partial charge is 0.369 e. The van der Waals surface area contributed by atoms with Gasteiger partial charge in [-0.2, -0.15) is 0 Å². The van der Waals surface area contributed by atoms with Crippen LogP contribution in [0.2, 0.25) is 5.02 Å². The van der Waals surface area contributed by atoms with Crippen molar-refractivity contribution in [2.24, 2.45) is 11.7 Å². The molecule has 6 nitrogen and oxygen atoms in total. The van der Waals surface area contributed by atoms with Gasteiger partial charge in [0.15, 0.2) is 0 Å². The smallest absolute Gasteiger partial charge is 0.258 e. The average Bonchev–Trinajstić information content (AvgIpc) is 2.62. The highest BCUT2D eigenvalue weighted by Gasteiger charge is 2.24. The van der Waals surface area contributed by atoms with Crippen LogP contribution >= 0.6 is 11.6 Å². The third-order valence-electron chi connectivity index (χ3n) is 4.33. The number of benzene rings is 1. The van der Waals surface area contributed by atoms with Crippen LogP contribution in [-0.2, 0) is 4.79 Å². The van der Waals surface area contributed by atoms with E-state index in [4.69, 9.17) is 17.3 Å². The van der Waals surface area contributed by atoms with E-state index >= 15 is 0 Å². The summed E-state index contributed by atoms with van der Waals surface area (Å²) in [6.45, 7) is 1.32. The lowest BCUT2D eigenvalue weighted by atomic mass is 9.97. The van der Waals surface area contributed by atoms with E-state index in [-0.39, 0.29) is 22.4 Å². The molecule has 0 saturated carbocycles. The summed E-state index contributed by atoms with van der Waals surface area (Å²) in [7, 11) is 0. The van der Waals surface area contributed by atoms with Crippen molar-refractivity contribution < 1.29 is 14.0 Å². The summed E-state index contributed by atoms with van der Waals surface area (Å²) in [5, 5.41) is 2.82. The maximum atomic E-state index is 13.8. The van der Waals surface area contributed by atoms with Gasteiger partial charge in [0, 0.05) is 18.1 Å². The van der Waals surface area contributed by atoms with Crippen molar-refractivity contribution in [1.82, 2.24) is 4.98 Å². The van der Waals surface area contributed by atoms with E-state index in [0.29, 0.717) is 18.1 Å². The molecule has 1 aromatic heterocycles. The summed E-state index contributed by atoms with van der Waals surface area (Å²) in [4.78, 5) is 29.9. The highest BCUT2D eigenvalue weighted by molar-refractivity contribution is 6.30. The molecule has 3 rings (SSSR count). The van der Waals surface area contributed by atoms with Crippen LogP contribution in [0.15, 0.2) is 36.5 Å². The molecule has 1 fully saturated rings. The van der Waals surface area contributed by atoms with Crippen LogP contribution in [-0.4, -0.2) is 29.9 Å². The second-order valence-corrected chi connectivity index (χ2v) is 6.61. The summed E-state index contributed by atoms with van der Waals surface area (Å²) >= 11 is 5.69. The quantitative estimate of drug-likeness (QED) is 0.858. The molecule has 0 spiro atoms. The van der Waals surface area contributed by atoms with Crippen LogP contribution in [0.25, 0.3) is 0 Å². The maximum Gasteiger partial charge on any atom is 0.258 e. The Morgan fingerprint density at radius 3 is 2.77 bits per heavy atom. The van der Waals surface area contributed by atoms with E-state index in [1.54, 1.807) is 12.1 Å². The maximum absolute atomic E-state index is 13.8. The van der Waals surface area contributed by atoms with Gasteiger partial charge < -0.3 is 16.0 Å². The van der Waals surface area contributed by atoms with E-state index in [0.717, 1.165) is 25.5 Å². The predicted octanol–water partition coefficient (Wildman–Crippen LogP) is 2.83. The molecule has 1 aliphatic rings. The van der Waals surface area contributed by atoms with Gasteiger partial charge in [0.05, 0.1) is 23.4 Å². The number of amides is 2. The Hall–Kier alpha value is -2.67. The molecule has 1 saturated heterocycles. The van der Waals surface area contributed by atoms with Gasteiger partial charge in [0.25, 0.3) is 5.91 Å². The fraction of sp³-hybridized carbons (Fsp3) is 0.278. The zero-order valence-electron chi connectivity index (χ0n) is 13.9. The van der Waals surface area contributed by atoms with E-state index in [2.05, 4.69) is 10.3 Å². The van der Waals surface area contributed by atoms with E-state index in [1.165, 1.54) is 18.3 Å². The summed E-state index contributed by atoms with van der Waals surface area (Å²) < 4.78 is 13.8. The average molecular weight is 377 g/mol. The number of hydrogen-bond acceptors (Lipinski definition) is 4. The van der Waals surface area contributed by atoms with Gasteiger partial charge in [-0.3, -0.25) is 9.59 Å². The number of primary amides is 1. The molecule has 2 aromatic rings. The zero-order valence-corrected chi connectivity index (χ0v) is 14.7. The van der Waals surface area contributed by atoms with E-state index in [9.17, 15) is 14.0 Å². The number of halogens is 2. The Morgan fingerprint density at radius 1 is 1.31 bits per heavy atom. The first-order chi connectivity index (χ1) is 12.4. The van der Waals surface area contributed by atoms with Crippen molar-refractivity contribution in [3.8, 4) is 0 Å². The molecule has 1 aliphatic heterocycles. The SMILES string of the molecule is NC(=O)C1CCCN(c2ccc(NC(=O)c3ccc(Cl)cc3F)cn2)C1. The van der Waals surface area contributed by atoms with Gasteiger partial charge in [0.2, 0.25) is 5.91 Å². The standard InChI is InChI=1S/C18H18ClFN4O2/c19-12-3-5-14(15(20)8-12)18(26)23-13-4-6-16(22-9-13)24-7-1-2-11(10-24)17(21)25/h3-6,8-9,11H,1-2,7,10H2,(H2,21,25)(H,23,26). The number of carbonyl (C=O) groups is 2. The minimum Gasteiger partial charge on any atom is -0.369 e. The van der Waals surface area contributed by atoms with Crippen molar-refractivity contribution >= 4 is 34.9 Å². The first-order valence-corrected chi connectivity index (χ1v) is 8.58. The number of nitrogens with two attached hydrogens (primary N) is 1. The summed E-state index contributed by atoms with van der Waals surface area (Å²) in [5.41, 5.74) is 5.73. The minimum atomic E-state index is -0.689. The molecule has 8 heteroatoms. The van der Waals surface area contributed by atoms with Gasteiger partial charge in [-0.05, 0) is 43.2 Å². The number of piperidine rings is 1. The first-order valence-electron chi connectivity index (χ1n) is 8.21. The second-order valence-electron chi connectivity index (χ2n) is 6.17. The molecule has 1 atom stereocenters. The molecular weight excluding hydrogens is 359 g/mol.